The first-order valence-corrected chi connectivity index (χ1v) is 7.92. The molecule has 0 bridgehead atoms. The summed E-state index contributed by atoms with van der Waals surface area (Å²) in [4.78, 5) is 12.4. The topological polar surface area (TPSA) is 63.2 Å². The van der Waals surface area contributed by atoms with Gasteiger partial charge in [0.25, 0.3) is 6.29 Å². The Labute approximate surface area is 137 Å². The summed E-state index contributed by atoms with van der Waals surface area (Å²) in [5.41, 5.74) is 0.392. The summed E-state index contributed by atoms with van der Waals surface area (Å²) in [6.45, 7) is 8.42. The Morgan fingerprint density at radius 2 is 1.43 bits per heavy atom. The summed E-state index contributed by atoms with van der Waals surface area (Å²) in [5, 5.41) is 0. The lowest BCUT2D eigenvalue weighted by molar-refractivity contribution is -0.435. The van der Waals surface area contributed by atoms with E-state index in [1.807, 2.05) is 19.9 Å². The van der Waals surface area contributed by atoms with Crippen molar-refractivity contribution < 1.29 is 28.5 Å². The van der Waals surface area contributed by atoms with Gasteiger partial charge in [0, 0.05) is 13.2 Å². The van der Waals surface area contributed by atoms with Gasteiger partial charge in [0.1, 0.15) is 0 Å². The molecule has 0 amide bonds. The van der Waals surface area contributed by atoms with E-state index in [1.54, 1.807) is 38.1 Å². The average Bonchev–Trinajstić information content (AvgIpc) is 2.56. The molecule has 0 saturated carbocycles. The molecule has 0 aliphatic carbocycles. The molecule has 0 aromatic heterocycles. The molecular weight excluding hydrogens is 300 g/mol. The van der Waals surface area contributed by atoms with E-state index >= 15 is 0 Å². The fraction of sp³-hybridized carbons (Fsp3) is 0.588. The molecule has 0 N–H and O–H groups in total. The fourth-order valence-corrected chi connectivity index (χ4v) is 2.00. The van der Waals surface area contributed by atoms with Gasteiger partial charge in [0.15, 0.2) is 0 Å². The van der Waals surface area contributed by atoms with Crippen LogP contribution in [0.1, 0.15) is 38.1 Å². The Bertz CT molecular complexity index is 436. The maximum atomic E-state index is 12.4. The van der Waals surface area contributed by atoms with Gasteiger partial charge in [-0.25, -0.2) is 4.79 Å². The van der Waals surface area contributed by atoms with Gasteiger partial charge < -0.3 is 23.7 Å². The van der Waals surface area contributed by atoms with Crippen molar-refractivity contribution in [1.82, 2.24) is 0 Å². The number of rotatable bonds is 11. The van der Waals surface area contributed by atoms with Crippen LogP contribution in [0.2, 0.25) is 0 Å². The van der Waals surface area contributed by atoms with E-state index in [-0.39, 0.29) is 13.2 Å². The number of carbonyl (C=O) groups is 1. The maximum absolute atomic E-state index is 12.4. The second-order valence-corrected chi connectivity index (χ2v) is 4.47. The van der Waals surface area contributed by atoms with E-state index < -0.39 is 18.2 Å². The van der Waals surface area contributed by atoms with Crippen LogP contribution in [-0.4, -0.2) is 44.7 Å². The average molecular weight is 326 g/mol. The van der Waals surface area contributed by atoms with Crippen LogP contribution in [0, 0.1) is 0 Å². The second-order valence-electron chi connectivity index (χ2n) is 4.47. The van der Waals surface area contributed by atoms with Gasteiger partial charge in [-0.3, -0.25) is 0 Å². The SMILES string of the molecule is CCOC(OCC)C(OCC)(OCC)OC(=O)c1ccccc1. The summed E-state index contributed by atoms with van der Waals surface area (Å²) in [6.07, 6.45) is -0.981. The number of carbonyl (C=O) groups excluding carboxylic acids is 1. The molecule has 0 spiro atoms. The van der Waals surface area contributed by atoms with Crippen molar-refractivity contribution >= 4 is 5.97 Å². The number of ether oxygens (including phenoxy) is 5. The third-order valence-electron chi connectivity index (χ3n) is 2.86. The quantitative estimate of drug-likeness (QED) is 0.460. The summed E-state index contributed by atoms with van der Waals surface area (Å²) < 4.78 is 27.8. The Kier molecular flexibility index (Phi) is 8.79. The fourth-order valence-electron chi connectivity index (χ4n) is 2.00. The van der Waals surface area contributed by atoms with Crippen molar-refractivity contribution in [2.75, 3.05) is 26.4 Å². The highest BCUT2D eigenvalue weighted by molar-refractivity contribution is 5.89. The Morgan fingerprint density at radius 1 is 0.913 bits per heavy atom. The van der Waals surface area contributed by atoms with Crippen LogP contribution in [0.15, 0.2) is 30.3 Å². The lowest BCUT2D eigenvalue weighted by Crippen LogP contribution is -2.53. The van der Waals surface area contributed by atoms with Crippen LogP contribution in [0.4, 0.5) is 0 Å². The number of hydrogen-bond donors (Lipinski definition) is 0. The lowest BCUT2D eigenvalue weighted by atomic mass is 10.2. The molecule has 0 heterocycles. The highest BCUT2D eigenvalue weighted by Crippen LogP contribution is 2.26. The largest absolute Gasteiger partial charge is 0.400 e. The third-order valence-corrected chi connectivity index (χ3v) is 2.86. The monoisotopic (exact) mass is 326 g/mol. The van der Waals surface area contributed by atoms with E-state index in [1.165, 1.54) is 0 Å². The zero-order valence-electron chi connectivity index (χ0n) is 14.2. The van der Waals surface area contributed by atoms with Gasteiger partial charge in [0.05, 0.1) is 18.8 Å². The summed E-state index contributed by atoms with van der Waals surface area (Å²) in [5.74, 6) is -2.32. The molecule has 6 heteroatoms. The molecule has 0 aliphatic rings. The van der Waals surface area contributed by atoms with E-state index in [4.69, 9.17) is 23.7 Å². The van der Waals surface area contributed by atoms with E-state index in [0.717, 1.165) is 0 Å². The van der Waals surface area contributed by atoms with Crippen LogP contribution < -0.4 is 0 Å². The van der Waals surface area contributed by atoms with Crippen molar-refractivity contribution in [3.8, 4) is 0 Å². The summed E-state index contributed by atoms with van der Waals surface area (Å²) in [6, 6.07) is 8.63. The van der Waals surface area contributed by atoms with Crippen molar-refractivity contribution in [3.05, 3.63) is 35.9 Å². The van der Waals surface area contributed by atoms with E-state index in [2.05, 4.69) is 0 Å². The molecule has 0 radical (unpaired) electrons. The van der Waals surface area contributed by atoms with Crippen molar-refractivity contribution in [1.29, 1.82) is 0 Å². The van der Waals surface area contributed by atoms with Crippen LogP contribution in [0.3, 0.4) is 0 Å². The second kappa shape index (κ2) is 10.3. The van der Waals surface area contributed by atoms with Crippen LogP contribution in [0.5, 0.6) is 0 Å². The molecule has 0 saturated heterocycles. The standard InChI is InChI=1S/C17H26O6/c1-5-19-16(20-6-2)17(21-7-3,22-8-4)23-15(18)14-12-10-9-11-13-14/h9-13,16H,5-8H2,1-4H3. The van der Waals surface area contributed by atoms with Crippen molar-refractivity contribution in [3.63, 3.8) is 0 Å². The highest BCUT2D eigenvalue weighted by atomic mass is 16.9. The molecule has 0 aliphatic heterocycles. The van der Waals surface area contributed by atoms with E-state index in [0.29, 0.717) is 18.8 Å². The minimum atomic E-state index is -1.75. The predicted octanol–water partition coefficient (Wildman–Crippen LogP) is 2.97. The molecule has 1 rings (SSSR count). The molecule has 130 valence electrons. The van der Waals surface area contributed by atoms with E-state index in [9.17, 15) is 4.79 Å². The van der Waals surface area contributed by atoms with Crippen molar-refractivity contribution in [2.24, 2.45) is 0 Å². The third kappa shape index (κ3) is 5.58. The van der Waals surface area contributed by atoms with Gasteiger partial charge in [-0.05, 0) is 39.8 Å². The Hall–Kier alpha value is -1.47. The van der Waals surface area contributed by atoms with Gasteiger partial charge in [-0.2, -0.15) is 0 Å². The molecular formula is C17H26O6. The van der Waals surface area contributed by atoms with Gasteiger partial charge in [-0.15, -0.1) is 0 Å². The molecule has 0 atom stereocenters. The molecule has 0 unspecified atom stereocenters. The molecule has 0 fully saturated rings. The van der Waals surface area contributed by atoms with Crippen LogP contribution in [-0.2, 0) is 23.7 Å². The van der Waals surface area contributed by atoms with Crippen LogP contribution >= 0.6 is 0 Å². The Balaban J connectivity index is 3.07. The van der Waals surface area contributed by atoms with Gasteiger partial charge >= 0.3 is 11.9 Å². The summed E-state index contributed by atoms with van der Waals surface area (Å²) >= 11 is 0. The Morgan fingerprint density at radius 3 is 1.87 bits per heavy atom. The molecule has 6 nitrogen and oxygen atoms in total. The molecule has 1 aromatic carbocycles. The van der Waals surface area contributed by atoms with Crippen molar-refractivity contribution in [2.45, 2.75) is 40.0 Å². The van der Waals surface area contributed by atoms with Crippen LogP contribution in [0.25, 0.3) is 0 Å². The van der Waals surface area contributed by atoms with Gasteiger partial charge in [-0.1, -0.05) is 18.2 Å². The lowest BCUT2D eigenvalue weighted by Gasteiger charge is -2.37. The normalized spacial score (nSPS) is 11.7. The van der Waals surface area contributed by atoms with Gasteiger partial charge in [0.2, 0.25) is 0 Å². The predicted molar refractivity (Wildman–Crippen MR) is 84.9 cm³/mol. The minimum absolute atomic E-state index is 0.263. The number of benzene rings is 1. The number of esters is 1. The highest BCUT2D eigenvalue weighted by Gasteiger charge is 2.48. The zero-order chi connectivity index (χ0) is 17.1. The minimum Gasteiger partial charge on any atom is -0.400 e. The maximum Gasteiger partial charge on any atom is 0.383 e. The number of hydrogen-bond acceptors (Lipinski definition) is 6. The first-order chi connectivity index (χ1) is 11.1. The smallest absolute Gasteiger partial charge is 0.383 e. The molecule has 1 aromatic rings. The molecule has 23 heavy (non-hydrogen) atoms. The zero-order valence-corrected chi connectivity index (χ0v) is 14.2. The first-order valence-electron chi connectivity index (χ1n) is 7.92. The summed E-state index contributed by atoms with van der Waals surface area (Å²) in [7, 11) is 0. The first kappa shape index (κ1) is 19.6.